The Bertz CT molecular complexity index is 957. The Labute approximate surface area is 183 Å². The largest absolute Gasteiger partial charge is 0.367 e. The van der Waals surface area contributed by atoms with Crippen LogP contribution in [0.4, 0.5) is 10.8 Å². The van der Waals surface area contributed by atoms with Crippen LogP contribution in [0, 0.1) is 0 Å². The van der Waals surface area contributed by atoms with Crippen molar-refractivity contribution in [2.75, 3.05) is 36.4 Å². The number of para-hydroxylation sites is 1. The highest BCUT2D eigenvalue weighted by Crippen LogP contribution is 2.26. The summed E-state index contributed by atoms with van der Waals surface area (Å²) in [5.41, 5.74) is 1.62. The van der Waals surface area contributed by atoms with Crippen LogP contribution in [0.25, 0.3) is 0 Å². The van der Waals surface area contributed by atoms with Gasteiger partial charge in [0.2, 0.25) is 17.7 Å². The van der Waals surface area contributed by atoms with E-state index in [4.69, 9.17) is 11.6 Å². The molecule has 0 spiro atoms. The molecule has 2 aliphatic heterocycles. The van der Waals surface area contributed by atoms with Gasteiger partial charge < -0.3 is 20.4 Å². The molecule has 0 radical (unpaired) electrons. The fourth-order valence-electron chi connectivity index (χ4n) is 3.62. The van der Waals surface area contributed by atoms with Crippen molar-refractivity contribution in [3.05, 3.63) is 40.4 Å². The van der Waals surface area contributed by atoms with Crippen LogP contribution < -0.4 is 15.5 Å². The van der Waals surface area contributed by atoms with Gasteiger partial charge in [0.1, 0.15) is 6.04 Å². The van der Waals surface area contributed by atoms with Gasteiger partial charge in [-0.15, -0.1) is 11.3 Å². The van der Waals surface area contributed by atoms with Gasteiger partial charge in [-0.1, -0.05) is 23.7 Å². The summed E-state index contributed by atoms with van der Waals surface area (Å²) < 4.78 is 0. The maximum absolute atomic E-state index is 12.7. The summed E-state index contributed by atoms with van der Waals surface area (Å²) in [4.78, 5) is 44.4. The molecule has 158 valence electrons. The Hall–Kier alpha value is -2.65. The molecule has 1 atom stereocenters. The second-order valence-corrected chi connectivity index (χ2v) is 8.55. The van der Waals surface area contributed by atoms with Crippen LogP contribution in [0.1, 0.15) is 18.5 Å². The van der Waals surface area contributed by atoms with Gasteiger partial charge in [-0.2, -0.15) is 0 Å². The highest BCUT2D eigenvalue weighted by Gasteiger charge is 2.28. The van der Waals surface area contributed by atoms with E-state index in [1.165, 1.54) is 11.3 Å². The number of carbonyl (C=O) groups excluding carboxylic acids is 3. The number of benzene rings is 1. The molecule has 8 nitrogen and oxygen atoms in total. The maximum Gasteiger partial charge on any atom is 0.248 e. The third-order valence-corrected chi connectivity index (χ3v) is 6.38. The summed E-state index contributed by atoms with van der Waals surface area (Å²) in [5.74, 6) is -0.376. The molecule has 2 aromatic rings. The Kier molecular flexibility index (Phi) is 6.19. The van der Waals surface area contributed by atoms with Crippen molar-refractivity contribution in [2.45, 2.75) is 25.3 Å². The minimum atomic E-state index is -0.513. The Balaban J connectivity index is 1.27. The highest BCUT2D eigenvalue weighted by atomic mass is 35.5. The molecule has 0 saturated carbocycles. The van der Waals surface area contributed by atoms with Gasteiger partial charge >= 0.3 is 0 Å². The van der Waals surface area contributed by atoms with Crippen molar-refractivity contribution in [1.82, 2.24) is 15.2 Å². The summed E-state index contributed by atoms with van der Waals surface area (Å²) in [6, 6.07) is 7.20. The normalized spacial score (nSPS) is 19.0. The first kappa shape index (κ1) is 20.6. The fourth-order valence-corrected chi connectivity index (χ4v) is 4.59. The van der Waals surface area contributed by atoms with Gasteiger partial charge in [0.15, 0.2) is 5.13 Å². The average Bonchev–Trinajstić information content (AvgIpc) is 3.37. The van der Waals surface area contributed by atoms with E-state index in [0.29, 0.717) is 41.8 Å². The van der Waals surface area contributed by atoms with E-state index in [0.717, 1.165) is 18.8 Å². The molecule has 1 aromatic carbocycles. The third kappa shape index (κ3) is 4.73. The van der Waals surface area contributed by atoms with Crippen LogP contribution in [-0.2, 0) is 20.8 Å². The van der Waals surface area contributed by atoms with E-state index in [1.807, 2.05) is 29.2 Å². The first-order valence-electron chi connectivity index (χ1n) is 9.81. The number of nitrogens with one attached hydrogen (secondary N) is 2. The van der Waals surface area contributed by atoms with Gasteiger partial charge in [-0.3, -0.25) is 14.4 Å². The highest BCUT2D eigenvalue weighted by molar-refractivity contribution is 7.13. The Morgan fingerprint density at radius 3 is 2.70 bits per heavy atom. The number of hydrogen-bond acceptors (Lipinski definition) is 6. The maximum atomic E-state index is 12.7. The lowest BCUT2D eigenvalue weighted by Crippen LogP contribution is -2.49. The summed E-state index contributed by atoms with van der Waals surface area (Å²) >= 11 is 7.55. The van der Waals surface area contributed by atoms with Crippen molar-refractivity contribution in [3.63, 3.8) is 0 Å². The van der Waals surface area contributed by atoms with Crippen LogP contribution >= 0.6 is 22.9 Å². The Morgan fingerprint density at radius 1 is 1.23 bits per heavy atom. The molecule has 30 heavy (non-hydrogen) atoms. The summed E-state index contributed by atoms with van der Waals surface area (Å²) in [7, 11) is 0. The van der Waals surface area contributed by atoms with Gasteiger partial charge in [-0.25, -0.2) is 4.98 Å². The van der Waals surface area contributed by atoms with Crippen molar-refractivity contribution in [2.24, 2.45) is 0 Å². The number of halogens is 1. The molecule has 1 unspecified atom stereocenters. The summed E-state index contributed by atoms with van der Waals surface area (Å²) in [6.07, 6.45) is 1.04. The van der Waals surface area contributed by atoms with E-state index in [2.05, 4.69) is 20.5 Å². The number of carbonyl (C=O) groups is 3. The molecule has 0 bridgehead atoms. The minimum Gasteiger partial charge on any atom is -0.367 e. The molecule has 2 saturated heterocycles. The lowest BCUT2D eigenvalue weighted by molar-refractivity contribution is -0.130. The third-order valence-electron chi connectivity index (χ3n) is 5.25. The second kappa shape index (κ2) is 9.01. The van der Waals surface area contributed by atoms with Crippen LogP contribution in [0.2, 0.25) is 5.02 Å². The van der Waals surface area contributed by atoms with E-state index < -0.39 is 6.04 Å². The zero-order chi connectivity index (χ0) is 21.1. The van der Waals surface area contributed by atoms with E-state index in [1.54, 1.807) is 5.38 Å². The molecule has 10 heteroatoms. The molecular weight excluding hydrogens is 426 g/mol. The van der Waals surface area contributed by atoms with Gasteiger partial charge in [-0.05, 0) is 18.6 Å². The number of aromatic nitrogens is 1. The van der Waals surface area contributed by atoms with Crippen LogP contribution in [-0.4, -0.2) is 59.8 Å². The number of rotatable bonds is 5. The van der Waals surface area contributed by atoms with E-state index in [9.17, 15) is 14.4 Å². The average molecular weight is 448 g/mol. The lowest BCUT2D eigenvalue weighted by atomic mass is 10.2. The molecule has 3 heterocycles. The predicted octanol–water partition coefficient (Wildman–Crippen LogP) is 1.90. The number of nitrogens with zero attached hydrogens (tertiary/aromatic N) is 3. The van der Waals surface area contributed by atoms with Crippen LogP contribution in [0.5, 0.6) is 0 Å². The summed E-state index contributed by atoms with van der Waals surface area (Å²) in [5, 5.41) is 8.27. The number of anilines is 2. The number of hydrogen-bond donors (Lipinski definition) is 2. The van der Waals surface area contributed by atoms with E-state index >= 15 is 0 Å². The second-order valence-electron chi connectivity index (χ2n) is 7.29. The molecule has 4 rings (SSSR count). The lowest BCUT2D eigenvalue weighted by Gasteiger charge is -2.36. The topological polar surface area (TPSA) is 94.6 Å². The monoisotopic (exact) mass is 447 g/mol. The smallest absolute Gasteiger partial charge is 0.248 e. The molecule has 1 aromatic heterocycles. The number of amides is 3. The van der Waals surface area contributed by atoms with Gasteiger partial charge in [0.25, 0.3) is 0 Å². The first-order valence-corrected chi connectivity index (χ1v) is 11.1. The Morgan fingerprint density at radius 2 is 2.00 bits per heavy atom. The van der Waals surface area contributed by atoms with Crippen molar-refractivity contribution in [1.29, 1.82) is 0 Å². The zero-order valence-corrected chi connectivity index (χ0v) is 17.8. The molecule has 0 aliphatic carbocycles. The standard InChI is InChI=1S/C20H22ClN5O3S/c21-14-3-1-2-4-16(14)25-7-9-26(10-8-25)18(28)11-13-12-30-20(22-13)24-19(29)15-5-6-17(27)23-15/h1-4,12,15H,5-11H2,(H,23,27)(H,22,24,29). The molecular formula is C20H22ClN5O3S. The SMILES string of the molecule is O=C1CCC(C(=O)Nc2nc(CC(=O)N3CCN(c4ccccc4Cl)CC3)cs2)N1. The van der Waals surface area contributed by atoms with Crippen LogP contribution in [0.15, 0.2) is 29.6 Å². The minimum absolute atomic E-state index is 0.0139. The summed E-state index contributed by atoms with van der Waals surface area (Å²) in [6.45, 7) is 2.69. The first-order chi connectivity index (χ1) is 14.5. The zero-order valence-electron chi connectivity index (χ0n) is 16.3. The molecule has 2 fully saturated rings. The van der Waals surface area contributed by atoms with Crippen molar-refractivity contribution < 1.29 is 14.4 Å². The fraction of sp³-hybridized carbons (Fsp3) is 0.400. The van der Waals surface area contributed by atoms with Gasteiger partial charge in [0.05, 0.1) is 22.8 Å². The quantitative estimate of drug-likeness (QED) is 0.730. The number of piperazine rings is 1. The van der Waals surface area contributed by atoms with E-state index in [-0.39, 0.29) is 24.1 Å². The van der Waals surface area contributed by atoms with Crippen molar-refractivity contribution in [3.8, 4) is 0 Å². The predicted molar refractivity (Wildman–Crippen MR) is 116 cm³/mol. The molecule has 2 N–H and O–H groups in total. The van der Waals surface area contributed by atoms with Gasteiger partial charge in [0, 0.05) is 38.0 Å². The number of thiazole rings is 1. The van der Waals surface area contributed by atoms with Crippen LogP contribution in [0.3, 0.4) is 0 Å². The molecule has 3 amide bonds. The molecule has 2 aliphatic rings. The van der Waals surface area contributed by atoms with Crippen molar-refractivity contribution >= 4 is 51.5 Å².